The Kier molecular flexibility index (Phi) is 6.45. The number of rotatable bonds is 5. The van der Waals surface area contributed by atoms with Crippen LogP contribution in [0.25, 0.3) is 22.3 Å². The van der Waals surface area contributed by atoms with E-state index >= 15 is 0 Å². The van der Waals surface area contributed by atoms with E-state index in [4.69, 9.17) is 4.74 Å². The predicted molar refractivity (Wildman–Crippen MR) is 126 cm³/mol. The molecular weight excluding hydrogens is 368 g/mol. The van der Waals surface area contributed by atoms with Crippen molar-refractivity contribution in [1.29, 1.82) is 0 Å². The van der Waals surface area contributed by atoms with Gasteiger partial charge in [-0.15, -0.1) is 0 Å². The van der Waals surface area contributed by atoms with Crippen LogP contribution in [0, 0.1) is 41.5 Å². The minimum Gasteiger partial charge on any atom is -0.466 e. The quantitative estimate of drug-likeness (QED) is 0.432. The maximum Gasteiger partial charge on any atom is 0.310 e. The number of aryl methyl sites for hydroxylation is 2. The molecule has 0 aliphatic rings. The number of hydrogen-bond donors (Lipinski definition) is 0. The topological polar surface area (TPSA) is 26.3 Å². The number of esters is 1. The van der Waals surface area contributed by atoms with Crippen molar-refractivity contribution in [2.45, 2.75) is 54.9 Å². The van der Waals surface area contributed by atoms with Gasteiger partial charge in [0.2, 0.25) is 0 Å². The smallest absolute Gasteiger partial charge is 0.310 e. The monoisotopic (exact) mass is 400 g/mol. The van der Waals surface area contributed by atoms with Crippen molar-refractivity contribution in [2.24, 2.45) is 0 Å². The van der Waals surface area contributed by atoms with Crippen LogP contribution in [-0.2, 0) is 16.0 Å². The second kappa shape index (κ2) is 8.87. The Balaban J connectivity index is 2.24. The van der Waals surface area contributed by atoms with Crippen molar-refractivity contribution >= 4 is 5.97 Å². The third kappa shape index (κ3) is 4.18. The Labute approximate surface area is 180 Å². The van der Waals surface area contributed by atoms with Gasteiger partial charge in [0.25, 0.3) is 0 Å². The number of ether oxygens (including phenoxy) is 1. The molecule has 0 unspecified atom stereocenters. The molecule has 0 atom stereocenters. The molecule has 3 aromatic carbocycles. The maximum absolute atomic E-state index is 12.1. The van der Waals surface area contributed by atoms with E-state index in [1.807, 2.05) is 6.92 Å². The molecule has 0 saturated carbocycles. The highest BCUT2D eigenvalue weighted by atomic mass is 16.5. The zero-order chi connectivity index (χ0) is 22.0. The highest BCUT2D eigenvalue weighted by molar-refractivity contribution is 5.88. The zero-order valence-electron chi connectivity index (χ0n) is 19.3. The van der Waals surface area contributed by atoms with Crippen molar-refractivity contribution in [3.63, 3.8) is 0 Å². The second-order valence-corrected chi connectivity index (χ2v) is 8.22. The first kappa shape index (κ1) is 21.8. The third-order valence-electron chi connectivity index (χ3n) is 6.43. The fraction of sp³-hybridized carbons (Fsp3) is 0.321. The lowest BCUT2D eigenvalue weighted by Crippen LogP contribution is -2.07. The van der Waals surface area contributed by atoms with Crippen molar-refractivity contribution in [3.05, 3.63) is 81.4 Å². The molecular formula is C28H32O2. The summed E-state index contributed by atoms with van der Waals surface area (Å²) in [7, 11) is 0. The molecule has 3 rings (SSSR count). The molecule has 0 aliphatic heterocycles. The normalized spacial score (nSPS) is 10.9. The van der Waals surface area contributed by atoms with Crippen LogP contribution in [0.3, 0.4) is 0 Å². The van der Waals surface area contributed by atoms with E-state index in [0.29, 0.717) is 6.61 Å². The van der Waals surface area contributed by atoms with E-state index in [-0.39, 0.29) is 12.4 Å². The standard InChI is InChI=1S/C28H32O2/c1-8-30-28(29)16-23-11-14-26(24-12-9-17(2)19(4)21(24)6)27(15-23)25-13-10-18(3)20(5)22(25)7/h9-15H,8,16H2,1-7H3. The lowest BCUT2D eigenvalue weighted by atomic mass is 9.85. The van der Waals surface area contributed by atoms with Crippen LogP contribution >= 0.6 is 0 Å². The number of carbonyl (C=O) groups is 1. The summed E-state index contributed by atoms with van der Waals surface area (Å²) in [5.41, 5.74) is 13.6. The van der Waals surface area contributed by atoms with Gasteiger partial charge in [0, 0.05) is 0 Å². The van der Waals surface area contributed by atoms with E-state index in [9.17, 15) is 4.79 Å². The van der Waals surface area contributed by atoms with Crippen molar-refractivity contribution < 1.29 is 9.53 Å². The highest BCUT2D eigenvalue weighted by Crippen LogP contribution is 2.38. The summed E-state index contributed by atoms with van der Waals surface area (Å²) in [5, 5.41) is 0. The summed E-state index contributed by atoms with van der Waals surface area (Å²) in [6.45, 7) is 15.3. The van der Waals surface area contributed by atoms with Crippen LogP contribution in [0.1, 0.15) is 45.9 Å². The van der Waals surface area contributed by atoms with Crippen LogP contribution in [0.2, 0.25) is 0 Å². The largest absolute Gasteiger partial charge is 0.466 e. The fourth-order valence-electron chi connectivity index (χ4n) is 4.03. The fourth-order valence-corrected chi connectivity index (χ4v) is 4.03. The number of benzene rings is 3. The van der Waals surface area contributed by atoms with Gasteiger partial charge < -0.3 is 4.74 Å². The highest BCUT2D eigenvalue weighted by Gasteiger charge is 2.16. The van der Waals surface area contributed by atoms with Crippen LogP contribution < -0.4 is 0 Å². The molecule has 0 radical (unpaired) electrons. The van der Waals surface area contributed by atoms with Crippen LogP contribution in [0.5, 0.6) is 0 Å². The lowest BCUT2D eigenvalue weighted by molar-refractivity contribution is -0.142. The van der Waals surface area contributed by atoms with Gasteiger partial charge >= 0.3 is 5.97 Å². The first-order chi connectivity index (χ1) is 14.2. The first-order valence-electron chi connectivity index (χ1n) is 10.7. The maximum atomic E-state index is 12.1. The summed E-state index contributed by atoms with van der Waals surface area (Å²) < 4.78 is 5.17. The molecule has 2 nitrogen and oxygen atoms in total. The van der Waals surface area contributed by atoms with Gasteiger partial charge in [-0.05, 0) is 116 Å². The van der Waals surface area contributed by atoms with E-state index in [0.717, 1.165) is 5.56 Å². The van der Waals surface area contributed by atoms with Gasteiger partial charge in [0.1, 0.15) is 0 Å². The van der Waals surface area contributed by atoms with E-state index in [1.165, 1.54) is 55.6 Å². The van der Waals surface area contributed by atoms with E-state index in [1.54, 1.807) is 0 Å². The molecule has 156 valence electrons. The van der Waals surface area contributed by atoms with E-state index in [2.05, 4.69) is 84.0 Å². The predicted octanol–water partition coefficient (Wildman–Crippen LogP) is 6.98. The lowest BCUT2D eigenvalue weighted by Gasteiger charge is -2.19. The first-order valence-corrected chi connectivity index (χ1v) is 10.7. The number of hydrogen-bond acceptors (Lipinski definition) is 2. The summed E-state index contributed by atoms with van der Waals surface area (Å²) in [5.74, 6) is -0.185. The molecule has 2 heteroatoms. The molecule has 0 saturated heterocycles. The van der Waals surface area contributed by atoms with Crippen molar-refractivity contribution in [2.75, 3.05) is 6.61 Å². The van der Waals surface area contributed by atoms with Crippen molar-refractivity contribution in [3.8, 4) is 22.3 Å². The van der Waals surface area contributed by atoms with Gasteiger partial charge in [-0.25, -0.2) is 0 Å². The number of carbonyl (C=O) groups excluding carboxylic acids is 1. The molecule has 30 heavy (non-hydrogen) atoms. The minimum absolute atomic E-state index is 0.185. The summed E-state index contributed by atoms with van der Waals surface area (Å²) in [6.07, 6.45) is 0.289. The van der Waals surface area contributed by atoms with Crippen LogP contribution in [0.15, 0.2) is 42.5 Å². The molecule has 0 N–H and O–H groups in total. The molecule has 0 aromatic heterocycles. The Morgan fingerprint density at radius 2 is 1.17 bits per heavy atom. The molecule has 0 amide bonds. The van der Waals surface area contributed by atoms with Gasteiger partial charge in [0.15, 0.2) is 0 Å². The van der Waals surface area contributed by atoms with Crippen LogP contribution in [-0.4, -0.2) is 12.6 Å². The summed E-state index contributed by atoms with van der Waals surface area (Å²) in [6, 6.07) is 15.2. The van der Waals surface area contributed by atoms with E-state index < -0.39 is 0 Å². The molecule has 0 bridgehead atoms. The molecule has 0 fully saturated rings. The SMILES string of the molecule is CCOC(=O)Cc1ccc(-c2ccc(C)c(C)c2C)c(-c2ccc(C)c(C)c2C)c1. The molecule has 0 aliphatic carbocycles. The zero-order valence-corrected chi connectivity index (χ0v) is 19.3. The van der Waals surface area contributed by atoms with Crippen LogP contribution in [0.4, 0.5) is 0 Å². The van der Waals surface area contributed by atoms with Gasteiger partial charge in [-0.3, -0.25) is 4.79 Å². The molecule has 0 heterocycles. The Bertz CT molecular complexity index is 1110. The Hall–Kier alpha value is -2.87. The van der Waals surface area contributed by atoms with Crippen molar-refractivity contribution in [1.82, 2.24) is 0 Å². The molecule has 3 aromatic rings. The molecule has 0 spiro atoms. The second-order valence-electron chi connectivity index (χ2n) is 8.22. The Morgan fingerprint density at radius 1 is 0.667 bits per heavy atom. The third-order valence-corrected chi connectivity index (χ3v) is 6.43. The van der Waals surface area contributed by atoms with Gasteiger partial charge in [0.05, 0.1) is 13.0 Å². The summed E-state index contributed by atoms with van der Waals surface area (Å²) >= 11 is 0. The average Bonchev–Trinajstić information content (AvgIpc) is 2.71. The minimum atomic E-state index is -0.185. The summed E-state index contributed by atoms with van der Waals surface area (Å²) in [4.78, 5) is 12.1. The van der Waals surface area contributed by atoms with Gasteiger partial charge in [-0.2, -0.15) is 0 Å². The Morgan fingerprint density at radius 3 is 1.70 bits per heavy atom. The average molecular weight is 401 g/mol. The van der Waals surface area contributed by atoms with Gasteiger partial charge in [-0.1, -0.05) is 36.4 Å².